The Morgan fingerprint density at radius 1 is 1.42 bits per heavy atom. The van der Waals surface area contributed by atoms with Crippen molar-refractivity contribution in [3.8, 4) is 5.75 Å². The minimum atomic E-state index is -0.496. The average Bonchev–Trinajstić information content (AvgIpc) is 2.38. The molecule has 1 aromatic carbocycles. The first-order chi connectivity index (χ1) is 9.04. The smallest absolute Gasteiger partial charge is 0.260 e. The zero-order valence-corrected chi connectivity index (χ0v) is 12.0. The van der Waals surface area contributed by atoms with Crippen molar-refractivity contribution in [3.05, 3.63) is 23.8 Å². The number of hydrogen-bond donors (Lipinski definition) is 2. The lowest BCUT2D eigenvalue weighted by Crippen LogP contribution is -2.36. The maximum absolute atomic E-state index is 11.8. The van der Waals surface area contributed by atoms with E-state index in [2.05, 4.69) is 12.2 Å². The number of hydrogen-bond acceptors (Lipinski definition) is 3. The molecule has 0 saturated heterocycles. The fourth-order valence-corrected chi connectivity index (χ4v) is 1.71. The van der Waals surface area contributed by atoms with Crippen LogP contribution in [-0.2, 0) is 4.79 Å². The van der Waals surface area contributed by atoms with E-state index in [0.717, 1.165) is 30.5 Å². The number of nitrogen functional groups attached to an aromatic ring is 1. The third-order valence-electron chi connectivity index (χ3n) is 3.00. The van der Waals surface area contributed by atoms with Crippen LogP contribution in [0.3, 0.4) is 0 Å². The van der Waals surface area contributed by atoms with Crippen LogP contribution in [0.15, 0.2) is 18.2 Å². The van der Waals surface area contributed by atoms with E-state index in [0.29, 0.717) is 12.3 Å². The van der Waals surface area contributed by atoms with Gasteiger partial charge in [0.05, 0.1) is 0 Å². The lowest BCUT2D eigenvalue weighted by atomic mass is 10.2. The van der Waals surface area contributed by atoms with Gasteiger partial charge in [-0.15, -0.1) is 0 Å². The minimum absolute atomic E-state index is 0.0782. The van der Waals surface area contributed by atoms with E-state index >= 15 is 0 Å². The van der Waals surface area contributed by atoms with E-state index in [1.807, 2.05) is 13.0 Å². The predicted octanol–water partition coefficient (Wildman–Crippen LogP) is 2.65. The number of rotatable bonds is 7. The lowest BCUT2D eigenvalue weighted by molar-refractivity contribution is -0.127. The highest BCUT2D eigenvalue weighted by Crippen LogP contribution is 2.19. The number of anilines is 1. The Morgan fingerprint density at radius 3 is 2.79 bits per heavy atom. The Labute approximate surface area is 115 Å². The van der Waals surface area contributed by atoms with Crippen molar-refractivity contribution in [2.45, 2.75) is 46.1 Å². The molecule has 0 spiro atoms. The van der Waals surface area contributed by atoms with E-state index in [1.54, 1.807) is 19.1 Å². The lowest BCUT2D eigenvalue weighted by Gasteiger charge is -2.15. The average molecular weight is 264 g/mol. The number of carbonyl (C=O) groups is 1. The van der Waals surface area contributed by atoms with Crippen molar-refractivity contribution in [3.63, 3.8) is 0 Å². The highest BCUT2D eigenvalue weighted by atomic mass is 16.5. The Hall–Kier alpha value is -1.71. The second-order valence-corrected chi connectivity index (χ2v) is 4.78. The van der Waals surface area contributed by atoms with Crippen LogP contribution < -0.4 is 15.8 Å². The van der Waals surface area contributed by atoms with Gasteiger partial charge in [0.15, 0.2) is 6.10 Å². The fraction of sp³-hybridized carbons (Fsp3) is 0.533. The van der Waals surface area contributed by atoms with Crippen molar-refractivity contribution in [2.24, 2.45) is 0 Å². The van der Waals surface area contributed by atoms with Crippen LogP contribution in [0.4, 0.5) is 5.69 Å². The summed E-state index contributed by atoms with van der Waals surface area (Å²) in [5.41, 5.74) is 7.42. The van der Waals surface area contributed by atoms with Crippen molar-refractivity contribution < 1.29 is 9.53 Å². The van der Waals surface area contributed by atoms with E-state index in [1.165, 1.54) is 0 Å². The monoisotopic (exact) mass is 264 g/mol. The molecule has 19 heavy (non-hydrogen) atoms. The zero-order chi connectivity index (χ0) is 14.3. The molecular weight excluding hydrogens is 240 g/mol. The van der Waals surface area contributed by atoms with Crippen molar-refractivity contribution in [1.82, 2.24) is 5.32 Å². The minimum Gasteiger partial charge on any atom is -0.481 e. The molecule has 0 fully saturated rings. The molecule has 0 radical (unpaired) electrons. The maximum Gasteiger partial charge on any atom is 0.260 e. The summed E-state index contributed by atoms with van der Waals surface area (Å²) in [6.07, 6.45) is 2.79. The molecule has 0 saturated carbocycles. The van der Waals surface area contributed by atoms with Crippen LogP contribution in [-0.4, -0.2) is 18.6 Å². The van der Waals surface area contributed by atoms with Crippen molar-refractivity contribution >= 4 is 11.6 Å². The number of ether oxygens (including phenoxy) is 1. The summed E-state index contributed by atoms with van der Waals surface area (Å²) >= 11 is 0. The molecule has 1 unspecified atom stereocenters. The van der Waals surface area contributed by atoms with Gasteiger partial charge in [-0.2, -0.15) is 0 Å². The molecule has 3 N–H and O–H groups in total. The normalized spacial score (nSPS) is 11.9. The van der Waals surface area contributed by atoms with Gasteiger partial charge in [0, 0.05) is 12.2 Å². The molecule has 4 heteroatoms. The van der Waals surface area contributed by atoms with Crippen molar-refractivity contribution in [2.75, 3.05) is 12.3 Å². The van der Waals surface area contributed by atoms with Gasteiger partial charge in [-0.25, -0.2) is 0 Å². The standard InChI is InChI=1S/C15H24N2O2/c1-4-5-6-9-17-15(18)12(3)19-13-7-8-14(16)11(2)10-13/h7-8,10,12H,4-6,9,16H2,1-3H3,(H,17,18). The number of unbranched alkanes of at least 4 members (excludes halogenated alkanes) is 2. The summed E-state index contributed by atoms with van der Waals surface area (Å²) in [6, 6.07) is 5.41. The van der Waals surface area contributed by atoms with Crippen molar-refractivity contribution in [1.29, 1.82) is 0 Å². The van der Waals surface area contributed by atoms with Gasteiger partial charge in [0.25, 0.3) is 5.91 Å². The highest BCUT2D eigenvalue weighted by molar-refractivity contribution is 5.80. The largest absolute Gasteiger partial charge is 0.481 e. The van der Waals surface area contributed by atoms with Gasteiger partial charge in [0.1, 0.15) is 5.75 Å². The van der Waals surface area contributed by atoms with Crippen LogP contribution in [0, 0.1) is 6.92 Å². The Bertz CT molecular complexity index is 419. The third kappa shape index (κ3) is 5.20. The first kappa shape index (κ1) is 15.3. The Kier molecular flexibility index (Phi) is 6.19. The van der Waals surface area contributed by atoms with Gasteiger partial charge in [-0.05, 0) is 44.0 Å². The van der Waals surface area contributed by atoms with Crippen LogP contribution in [0.5, 0.6) is 5.75 Å². The summed E-state index contributed by atoms with van der Waals surface area (Å²) in [5.74, 6) is 0.591. The summed E-state index contributed by atoms with van der Waals surface area (Å²) in [4.78, 5) is 11.8. The van der Waals surface area contributed by atoms with E-state index in [9.17, 15) is 4.79 Å². The van der Waals surface area contributed by atoms with E-state index < -0.39 is 6.10 Å². The summed E-state index contributed by atoms with van der Waals surface area (Å²) < 4.78 is 5.60. The summed E-state index contributed by atoms with van der Waals surface area (Å²) in [5, 5.41) is 2.87. The SMILES string of the molecule is CCCCCNC(=O)C(C)Oc1ccc(N)c(C)c1. The number of carbonyl (C=O) groups excluding carboxylic acids is 1. The van der Waals surface area contributed by atoms with Gasteiger partial charge >= 0.3 is 0 Å². The molecule has 1 amide bonds. The molecule has 0 aromatic heterocycles. The molecule has 0 aliphatic heterocycles. The van der Waals surface area contributed by atoms with Gasteiger partial charge < -0.3 is 15.8 Å². The molecule has 106 valence electrons. The third-order valence-corrected chi connectivity index (χ3v) is 3.00. The predicted molar refractivity (Wildman–Crippen MR) is 78.2 cm³/mol. The van der Waals surface area contributed by atoms with Gasteiger partial charge in [-0.3, -0.25) is 4.79 Å². The molecule has 1 atom stereocenters. The van der Waals surface area contributed by atoms with Gasteiger partial charge in [-0.1, -0.05) is 19.8 Å². The van der Waals surface area contributed by atoms with E-state index in [-0.39, 0.29) is 5.91 Å². The first-order valence-corrected chi connectivity index (χ1v) is 6.85. The number of aryl methyl sites for hydroxylation is 1. The topological polar surface area (TPSA) is 64.3 Å². The molecule has 0 aliphatic carbocycles. The second-order valence-electron chi connectivity index (χ2n) is 4.78. The Morgan fingerprint density at radius 2 is 2.16 bits per heavy atom. The number of amides is 1. The fourth-order valence-electron chi connectivity index (χ4n) is 1.71. The maximum atomic E-state index is 11.8. The van der Waals surface area contributed by atoms with Crippen LogP contribution in [0.2, 0.25) is 0 Å². The second kappa shape index (κ2) is 7.67. The molecule has 0 aliphatic rings. The molecule has 1 aromatic rings. The number of nitrogens with one attached hydrogen (secondary N) is 1. The summed E-state index contributed by atoms with van der Waals surface area (Å²) in [7, 11) is 0. The first-order valence-electron chi connectivity index (χ1n) is 6.85. The van der Waals surface area contributed by atoms with Crippen LogP contribution in [0.25, 0.3) is 0 Å². The summed E-state index contributed by atoms with van der Waals surface area (Å²) in [6.45, 7) is 6.51. The number of benzene rings is 1. The highest BCUT2D eigenvalue weighted by Gasteiger charge is 2.14. The number of nitrogens with two attached hydrogens (primary N) is 1. The van der Waals surface area contributed by atoms with Gasteiger partial charge in [0.2, 0.25) is 0 Å². The molecule has 0 heterocycles. The molecule has 1 rings (SSSR count). The molecule has 4 nitrogen and oxygen atoms in total. The quantitative estimate of drug-likeness (QED) is 0.588. The Balaban J connectivity index is 2.42. The van der Waals surface area contributed by atoms with E-state index in [4.69, 9.17) is 10.5 Å². The zero-order valence-electron chi connectivity index (χ0n) is 12.0. The molecular formula is C15H24N2O2. The molecule has 0 bridgehead atoms. The van der Waals surface area contributed by atoms with Crippen LogP contribution in [0.1, 0.15) is 38.7 Å². The van der Waals surface area contributed by atoms with Crippen LogP contribution >= 0.6 is 0 Å².